The first-order valence-corrected chi connectivity index (χ1v) is 9.60. The molecule has 2 N–H and O–H groups in total. The quantitative estimate of drug-likeness (QED) is 0.627. The lowest BCUT2D eigenvalue weighted by Crippen LogP contribution is -2.27. The topological polar surface area (TPSA) is 83.5 Å². The van der Waals surface area contributed by atoms with Crippen molar-refractivity contribution in [2.24, 2.45) is 0 Å². The van der Waals surface area contributed by atoms with Crippen LogP contribution < -0.4 is 5.32 Å². The van der Waals surface area contributed by atoms with Gasteiger partial charge in [-0.05, 0) is 24.3 Å². The van der Waals surface area contributed by atoms with Crippen molar-refractivity contribution < 1.29 is 18.3 Å². The third-order valence-corrected chi connectivity index (χ3v) is 5.52. The van der Waals surface area contributed by atoms with Crippen LogP contribution in [0.3, 0.4) is 0 Å². The summed E-state index contributed by atoms with van der Waals surface area (Å²) in [4.78, 5) is 11.8. The fourth-order valence-electron chi connectivity index (χ4n) is 1.59. The van der Waals surface area contributed by atoms with Crippen molar-refractivity contribution in [1.82, 2.24) is 5.32 Å². The first-order chi connectivity index (χ1) is 10.1. The van der Waals surface area contributed by atoms with Crippen LogP contribution in [0.15, 0.2) is 35.2 Å². The number of hydrogen-bond donors (Lipinski definition) is 2. The van der Waals surface area contributed by atoms with Gasteiger partial charge in [0.2, 0.25) is 5.91 Å². The van der Waals surface area contributed by atoms with Crippen molar-refractivity contribution in [3.8, 4) is 0 Å². The standard InChI is InChI=1S/C14H21NO4S2/c16-9-4-10-20-11-8-15-14(17)7-12-21(18,19)13-5-2-1-3-6-13/h1-3,5-6,16H,4,7-12H2,(H,15,17). The second-order valence-corrected chi connectivity index (χ2v) is 7.76. The molecule has 7 heteroatoms. The van der Waals surface area contributed by atoms with Crippen molar-refractivity contribution >= 4 is 27.5 Å². The first kappa shape index (κ1) is 18.0. The van der Waals surface area contributed by atoms with Gasteiger partial charge in [0.05, 0.1) is 10.6 Å². The van der Waals surface area contributed by atoms with E-state index in [9.17, 15) is 13.2 Å². The number of rotatable bonds is 10. The average molecular weight is 331 g/mol. The summed E-state index contributed by atoms with van der Waals surface area (Å²) >= 11 is 1.65. The van der Waals surface area contributed by atoms with Crippen LogP contribution in [-0.2, 0) is 14.6 Å². The Morgan fingerprint density at radius 2 is 1.90 bits per heavy atom. The van der Waals surface area contributed by atoms with Crippen molar-refractivity contribution in [3.63, 3.8) is 0 Å². The van der Waals surface area contributed by atoms with E-state index >= 15 is 0 Å². The molecule has 1 aromatic carbocycles. The summed E-state index contributed by atoms with van der Waals surface area (Å²) in [7, 11) is -3.39. The zero-order chi connectivity index (χ0) is 15.6. The molecule has 1 rings (SSSR count). The molecule has 0 fully saturated rings. The van der Waals surface area contributed by atoms with E-state index in [1.165, 1.54) is 12.1 Å². The van der Waals surface area contributed by atoms with Gasteiger partial charge in [0.1, 0.15) is 0 Å². The van der Waals surface area contributed by atoms with Crippen molar-refractivity contribution in [3.05, 3.63) is 30.3 Å². The molecule has 0 aliphatic rings. The summed E-state index contributed by atoms with van der Waals surface area (Å²) in [5.41, 5.74) is 0. The number of carbonyl (C=O) groups is 1. The minimum absolute atomic E-state index is 0.0292. The van der Waals surface area contributed by atoms with Gasteiger partial charge in [0.25, 0.3) is 0 Å². The molecule has 0 spiro atoms. The second-order valence-electron chi connectivity index (χ2n) is 4.42. The number of benzene rings is 1. The van der Waals surface area contributed by atoms with Gasteiger partial charge in [-0.3, -0.25) is 4.79 Å². The molecule has 1 aromatic rings. The van der Waals surface area contributed by atoms with Crippen LogP contribution in [0.4, 0.5) is 0 Å². The predicted octanol–water partition coefficient (Wildman–Crippen LogP) is 1.08. The molecule has 21 heavy (non-hydrogen) atoms. The Morgan fingerprint density at radius 1 is 1.19 bits per heavy atom. The van der Waals surface area contributed by atoms with Gasteiger partial charge >= 0.3 is 0 Å². The molecule has 1 amide bonds. The zero-order valence-electron chi connectivity index (χ0n) is 11.8. The maximum Gasteiger partial charge on any atom is 0.221 e. The normalized spacial score (nSPS) is 11.3. The Labute approximate surface area is 130 Å². The number of carbonyl (C=O) groups excluding carboxylic acids is 1. The summed E-state index contributed by atoms with van der Waals surface area (Å²) in [6, 6.07) is 8.14. The number of hydrogen-bond acceptors (Lipinski definition) is 5. The van der Waals surface area contributed by atoms with Crippen molar-refractivity contribution in [1.29, 1.82) is 0 Å². The SMILES string of the molecule is O=C(CCS(=O)(=O)c1ccccc1)NCCSCCCO. The van der Waals surface area contributed by atoms with E-state index in [2.05, 4.69) is 5.32 Å². The molecule has 5 nitrogen and oxygen atoms in total. The number of aliphatic hydroxyl groups is 1. The van der Waals surface area contributed by atoms with Gasteiger partial charge in [0.15, 0.2) is 9.84 Å². The average Bonchev–Trinajstić information content (AvgIpc) is 2.50. The Balaban J connectivity index is 2.24. The third kappa shape index (κ3) is 7.50. The van der Waals surface area contributed by atoms with Gasteiger partial charge in [-0.15, -0.1) is 0 Å². The van der Waals surface area contributed by atoms with Gasteiger partial charge < -0.3 is 10.4 Å². The molecule has 0 atom stereocenters. The maximum atomic E-state index is 12.0. The van der Waals surface area contributed by atoms with E-state index in [0.717, 1.165) is 17.9 Å². The van der Waals surface area contributed by atoms with Gasteiger partial charge in [0, 0.05) is 25.3 Å². The summed E-state index contributed by atoms with van der Waals surface area (Å²) in [6.07, 6.45) is 0.715. The molecule has 0 aliphatic heterocycles. The smallest absolute Gasteiger partial charge is 0.221 e. The molecule has 0 unspecified atom stereocenters. The lowest BCUT2D eigenvalue weighted by Gasteiger charge is -2.06. The number of thioether (sulfide) groups is 1. The van der Waals surface area contributed by atoms with E-state index in [-0.39, 0.29) is 29.6 Å². The van der Waals surface area contributed by atoms with Crippen LogP contribution in [0.1, 0.15) is 12.8 Å². The first-order valence-electron chi connectivity index (χ1n) is 6.79. The number of sulfone groups is 1. The molecule has 0 heterocycles. The highest BCUT2D eigenvalue weighted by Crippen LogP contribution is 2.10. The molecule has 0 saturated heterocycles. The van der Waals surface area contributed by atoms with Crippen molar-refractivity contribution in [2.75, 3.05) is 30.4 Å². The van der Waals surface area contributed by atoms with Crippen LogP contribution in [0, 0.1) is 0 Å². The molecule has 0 aromatic heterocycles. The molecule has 0 saturated carbocycles. The highest BCUT2D eigenvalue weighted by Gasteiger charge is 2.15. The molecular weight excluding hydrogens is 310 g/mol. The largest absolute Gasteiger partial charge is 0.396 e. The van der Waals surface area contributed by atoms with Crippen LogP contribution in [0.5, 0.6) is 0 Å². The lowest BCUT2D eigenvalue weighted by atomic mass is 10.4. The Morgan fingerprint density at radius 3 is 2.57 bits per heavy atom. The Hall–Kier alpha value is -1.05. The van der Waals surface area contributed by atoms with Crippen LogP contribution in [0.2, 0.25) is 0 Å². The molecular formula is C14H21NO4S2. The van der Waals surface area contributed by atoms with Crippen LogP contribution >= 0.6 is 11.8 Å². The second kappa shape index (κ2) is 9.81. The summed E-state index contributed by atoms with van der Waals surface area (Å²) < 4.78 is 24.0. The van der Waals surface area contributed by atoms with E-state index in [1.54, 1.807) is 30.0 Å². The van der Waals surface area contributed by atoms with E-state index in [0.29, 0.717) is 6.54 Å². The summed E-state index contributed by atoms with van der Waals surface area (Å²) in [6.45, 7) is 0.691. The molecule has 0 bridgehead atoms. The number of aliphatic hydroxyl groups excluding tert-OH is 1. The van der Waals surface area contributed by atoms with Gasteiger partial charge in [-0.2, -0.15) is 11.8 Å². The Bertz CT molecular complexity index is 517. The zero-order valence-corrected chi connectivity index (χ0v) is 13.5. The Kier molecular flexibility index (Phi) is 8.41. The molecule has 0 radical (unpaired) electrons. The third-order valence-electron chi connectivity index (χ3n) is 2.72. The van der Waals surface area contributed by atoms with Gasteiger partial charge in [-0.25, -0.2) is 8.42 Å². The summed E-state index contributed by atoms with van der Waals surface area (Å²) in [5, 5.41) is 11.3. The van der Waals surface area contributed by atoms with Crippen molar-refractivity contribution in [2.45, 2.75) is 17.7 Å². The van der Waals surface area contributed by atoms with E-state index in [4.69, 9.17) is 5.11 Å². The maximum absolute atomic E-state index is 12.0. The highest BCUT2D eigenvalue weighted by molar-refractivity contribution is 7.99. The summed E-state index contributed by atoms with van der Waals surface area (Å²) in [5.74, 6) is 1.18. The van der Waals surface area contributed by atoms with Gasteiger partial charge in [-0.1, -0.05) is 18.2 Å². The van der Waals surface area contributed by atoms with E-state index < -0.39 is 9.84 Å². The van der Waals surface area contributed by atoms with E-state index in [1.807, 2.05) is 0 Å². The lowest BCUT2D eigenvalue weighted by molar-refractivity contribution is -0.120. The highest BCUT2D eigenvalue weighted by atomic mass is 32.2. The number of amides is 1. The predicted molar refractivity (Wildman–Crippen MR) is 85.1 cm³/mol. The number of nitrogens with one attached hydrogen (secondary N) is 1. The monoisotopic (exact) mass is 331 g/mol. The molecule has 0 aliphatic carbocycles. The minimum Gasteiger partial charge on any atom is -0.396 e. The minimum atomic E-state index is -3.39. The van der Waals surface area contributed by atoms with Crippen LogP contribution in [-0.4, -0.2) is 49.8 Å². The fraction of sp³-hybridized carbons (Fsp3) is 0.500. The fourth-order valence-corrected chi connectivity index (χ4v) is 3.64. The molecule has 118 valence electrons. The van der Waals surface area contributed by atoms with Crippen LogP contribution in [0.25, 0.3) is 0 Å².